The molecular weight excluding hydrogens is 229 g/mol. The third-order valence-electron chi connectivity index (χ3n) is 2.98. The summed E-state index contributed by atoms with van der Waals surface area (Å²) in [7, 11) is 1.98. The van der Waals surface area contributed by atoms with Crippen molar-refractivity contribution in [3.63, 3.8) is 0 Å². The van der Waals surface area contributed by atoms with E-state index >= 15 is 0 Å². The van der Waals surface area contributed by atoms with Crippen molar-refractivity contribution in [2.75, 3.05) is 18.5 Å². The first kappa shape index (κ1) is 12.7. The lowest BCUT2D eigenvalue weighted by Crippen LogP contribution is -2.21. The summed E-state index contributed by atoms with van der Waals surface area (Å²) in [5, 5.41) is 0.767. The molecule has 0 aliphatic heterocycles. The van der Waals surface area contributed by atoms with E-state index in [0.29, 0.717) is 5.92 Å². The zero-order chi connectivity index (χ0) is 13.1. The molecule has 1 aromatic carbocycles. The van der Waals surface area contributed by atoms with E-state index in [1.807, 2.05) is 7.05 Å². The number of nitrogens with zero attached hydrogens (tertiary/aromatic N) is 3. The van der Waals surface area contributed by atoms with Gasteiger partial charge in [-0.2, -0.15) is 0 Å². The molecule has 0 radical (unpaired) electrons. The van der Waals surface area contributed by atoms with Gasteiger partial charge in [-0.05, 0) is 30.5 Å². The Morgan fingerprint density at radius 2 is 2.06 bits per heavy atom. The van der Waals surface area contributed by atoms with E-state index in [4.69, 9.17) is 0 Å². The van der Waals surface area contributed by atoms with Crippen molar-refractivity contribution < 1.29 is 4.39 Å². The van der Waals surface area contributed by atoms with Gasteiger partial charge in [0, 0.05) is 19.0 Å². The first-order chi connectivity index (χ1) is 8.58. The Labute approximate surface area is 107 Å². The average Bonchev–Trinajstić information content (AvgIpc) is 2.35. The monoisotopic (exact) mass is 247 g/mol. The van der Waals surface area contributed by atoms with Crippen LogP contribution in [-0.2, 0) is 0 Å². The molecule has 0 atom stereocenters. The predicted molar refractivity (Wildman–Crippen MR) is 72.2 cm³/mol. The van der Waals surface area contributed by atoms with E-state index in [-0.39, 0.29) is 5.82 Å². The highest BCUT2D eigenvalue weighted by Crippen LogP contribution is 2.23. The number of hydrogen-bond acceptors (Lipinski definition) is 3. The fraction of sp³-hybridized carbons (Fsp3) is 0.429. The van der Waals surface area contributed by atoms with Crippen LogP contribution in [-0.4, -0.2) is 23.6 Å². The number of rotatable bonds is 4. The third-order valence-corrected chi connectivity index (χ3v) is 2.98. The first-order valence-electron chi connectivity index (χ1n) is 6.19. The topological polar surface area (TPSA) is 29.0 Å². The van der Waals surface area contributed by atoms with E-state index in [1.165, 1.54) is 18.5 Å². The summed E-state index contributed by atoms with van der Waals surface area (Å²) in [5.74, 6) is 1.17. The molecule has 2 aromatic rings. The SMILES string of the molecule is CC(C)CCN(C)c1ncnc2ccc(F)cc12. The molecule has 96 valence electrons. The van der Waals surface area contributed by atoms with Crippen molar-refractivity contribution in [2.45, 2.75) is 20.3 Å². The minimum Gasteiger partial charge on any atom is -0.359 e. The van der Waals surface area contributed by atoms with Crippen molar-refractivity contribution >= 4 is 16.7 Å². The number of anilines is 1. The van der Waals surface area contributed by atoms with Gasteiger partial charge in [-0.25, -0.2) is 14.4 Å². The summed E-state index contributed by atoms with van der Waals surface area (Å²) >= 11 is 0. The van der Waals surface area contributed by atoms with Crippen molar-refractivity contribution in [2.24, 2.45) is 5.92 Å². The summed E-state index contributed by atoms with van der Waals surface area (Å²) < 4.78 is 13.3. The first-order valence-corrected chi connectivity index (χ1v) is 6.19. The van der Waals surface area contributed by atoms with E-state index in [2.05, 4.69) is 28.7 Å². The predicted octanol–water partition coefficient (Wildman–Crippen LogP) is 3.25. The quantitative estimate of drug-likeness (QED) is 0.830. The van der Waals surface area contributed by atoms with E-state index in [1.54, 1.807) is 6.07 Å². The number of fused-ring (bicyclic) bond motifs is 1. The van der Waals surface area contributed by atoms with Gasteiger partial charge in [0.25, 0.3) is 0 Å². The maximum Gasteiger partial charge on any atom is 0.139 e. The lowest BCUT2D eigenvalue weighted by molar-refractivity contribution is 0.584. The Balaban J connectivity index is 2.34. The van der Waals surface area contributed by atoms with Crippen LogP contribution in [0.1, 0.15) is 20.3 Å². The zero-order valence-electron chi connectivity index (χ0n) is 11.0. The van der Waals surface area contributed by atoms with Gasteiger partial charge < -0.3 is 4.90 Å². The highest BCUT2D eigenvalue weighted by atomic mass is 19.1. The van der Waals surface area contributed by atoms with Gasteiger partial charge in [-0.1, -0.05) is 13.8 Å². The molecule has 1 aromatic heterocycles. The molecule has 0 aliphatic rings. The fourth-order valence-electron chi connectivity index (χ4n) is 1.88. The Morgan fingerprint density at radius 3 is 2.78 bits per heavy atom. The number of aromatic nitrogens is 2. The van der Waals surface area contributed by atoms with Crippen LogP contribution in [0, 0.1) is 11.7 Å². The largest absolute Gasteiger partial charge is 0.359 e. The molecule has 0 aliphatic carbocycles. The standard InChI is InChI=1S/C14H18FN3/c1-10(2)6-7-18(3)14-12-8-11(15)4-5-13(12)16-9-17-14/h4-5,8-10H,6-7H2,1-3H3. The molecule has 0 unspecified atom stereocenters. The van der Waals surface area contributed by atoms with Crippen molar-refractivity contribution in [3.8, 4) is 0 Å². The Morgan fingerprint density at radius 1 is 1.28 bits per heavy atom. The second-order valence-electron chi connectivity index (χ2n) is 4.96. The van der Waals surface area contributed by atoms with Crippen LogP contribution in [0.2, 0.25) is 0 Å². The van der Waals surface area contributed by atoms with Gasteiger partial charge in [0.2, 0.25) is 0 Å². The second-order valence-corrected chi connectivity index (χ2v) is 4.96. The Kier molecular flexibility index (Phi) is 3.75. The molecular formula is C14H18FN3. The molecule has 0 spiro atoms. The van der Waals surface area contributed by atoms with Crippen LogP contribution in [0.4, 0.5) is 10.2 Å². The summed E-state index contributed by atoms with van der Waals surface area (Å²) in [5.41, 5.74) is 0.776. The van der Waals surface area contributed by atoms with Crippen molar-refractivity contribution in [3.05, 3.63) is 30.3 Å². The van der Waals surface area contributed by atoms with Crippen LogP contribution in [0.25, 0.3) is 10.9 Å². The normalized spacial score (nSPS) is 11.2. The number of halogens is 1. The summed E-state index contributed by atoms with van der Waals surface area (Å²) in [6.45, 7) is 5.28. The molecule has 4 heteroatoms. The Hall–Kier alpha value is -1.71. The minimum atomic E-state index is -0.254. The highest BCUT2D eigenvalue weighted by Gasteiger charge is 2.09. The van der Waals surface area contributed by atoms with E-state index in [0.717, 1.165) is 29.7 Å². The summed E-state index contributed by atoms with van der Waals surface area (Å²) in [6, 6.07) is 4.61. The van der Waals surface area contributed by atoms with Gasteiger partial charge in [-0.15, -0.1) is 0 Å². The van der Waals surface area contributed by atoms with Crippen LogP contribution < -0.4 is 4.90 Å². The molecule has 0 saturated heterocycles. The minimum absolute atomic E-state index is 0.254. The second kappa shape index (κ2) is 5.29. The van der Waals surface area contributed by atoms with E-state index < -0.39 is 0 Å². The molecule has 0 fully saturated rings. The molecule has 0 saturated carbocycles. The molecule has 1 heterocycles. The number of benzene rings is 1. The van der Waals surface area contributed by atoms with Crippen LogP contribution in [0.5, 0.6) is 0 Å². The van der Waals surface area contributed by atoms with Crippen molar-refractivity contribution in [1.29, 1.82) is 0 Å². The Bertz CT molecular complexity index is 540. The fourth-order valence-corrected chi connectivity index (χ4v) is 1.88. The number of hydrogen-bond donors (Lipinski definition) is 0. The van der Waals surface area contributed by atoms with Crippen molar-refractivity contribution in [1.82, 2.24) is 9.97 Å². The molecule has 18 heavy (non-hydrogen) atoms. The highest BCUT2D eigenvalue weighted by molar-refractivity contribution is 5.89. The maximum atomic E-state index is 13.3. The van der Waals surface area contributed by atoms with Crippen LogP contribution >= 0.6 is 0 Å². The summed E-state index contributed by atoms with van der Waals surface area (Å²) in [4.78, 5) is 10.5. The molecule has 0 N–H and O–H groups in total. The van der Waals surface area contributed by atoms with Gasteiger partial charge in [0.15, 0.2) is 0 Å². The molecule has 0 bridgehead atoms. The van der Waals surface area contributed by atoms with Gasteiger partial charge in [0.05, 0.1) is 5.52 Å². The average molecular weight is 247 g/mol. The smallest absolute Gasteiger partial charge is 0.139 e. The zero-order valence-corrected chi connectivity index (χ0v) is 11.0. The van der Waals surface area contributed by atoms with Crippen LogP contribution in [0.3, 0.4) is 0 Å². The third kappa shape index (κ3) is 2.75. The molecule has 0 amide bonds. The lowest BCUT2D eigenvalue weighted by Gasteiger charge is -2.20. The summed E-state index contributed by atoms with van der Waals surface area (Å²) in [6.07, 6.45) is 2.61. The molecule has 2 rings (SSSR count). The van der Waals surface area contributed by atoms with Crippen LogP contribution in [0.15, 0.2) is 24.5 Å². The van der Waals surface area contributed by atoms with Gasteiger partial charge in [0.1, 0.15) is 18.0 Å². The maximum absolute atomic E-state index is 13.3. The van der Waals surface area contributed by atoms with E-state index in [9.17, 15) is 4.39 Å². The molecule has 3 nitrogen and oxygen atoms in total. The lowest BCUT2D eigenvalue weighted by atomic mass is 10.1. The van der Waals surface area contributed by atoms with Gasteiger partial charge in [-0.3, -0.25) is 0 Å². The van der Waals surface area contributed by atoms with Gasteiger partial charge >= 0.3 is 0 Å².